The van der Waals surface area contributed by atoms with E-state index in [2.05, 4.69) is 39.1 Å². The Balaban J connectivity index is 1.39. The van der Waals surface area contributed by atoms with Gasteiger partial charge in [-0.05, 0) is 24.3 Å². The van der Waals surface area contributed by atoms with Crippen molar-refractivity contribution >= 4 is 5.91 Å². The van der Waals surface area contributed by atoms with E-state index in [1.54, 1.807) is 0 Å². The van der Waals surface area contributed by atoms with Crippen molar-refractivity contribution < 1.29 is 9.53 Å². The molecular formula is C25H37N5O2. The SMILES string of the molecule is N#CC1(NC(=O)C(CC2CCCCC2)NC2CNCCO2)CCN(Cc2ccccc2)C1. The summed E-state index contributed by atoms with van der Waals surface area (Å²) >= 11 is 0. The Kier molecular flexibility index (Phi) is 8.15. The molecule has 32 heavy (non-hydrogen) atoms. The molecule has 0 radical (unpaired) electrons. The number of carbonyl (C=O) groups is 1. The van der Waals surface area contributed by atoms with Crippen LogP contribution in [0.3, 0.4) is 0 Å². The van der Waals surface area contributed by atoms with Gasteiger partial charge >= 0.3 is 0 Å². The first-order valence-electron chi connectivity index (χ1n) is 12.2. The highest BCUT2D eigenvalue weighted by molar-refractivity contribution is 5.83. The highest BCUT2D eigenvalue weighted by Gasteiger charge is 2.41. The summed E-state index contributed by atoms with van der Waals surface area (Å²) in [5.41, 5.74) is 0.399. The van der Waals surface area contributed by atoms with E-state index >= 15 is 0 Å². The van der Waals surface area contributed by atoms with Crippen molar-refractivity contribution in [3.8, 4) is 6.07 Å². The van der Waals surface area contributed by atoms with E-state index in [4.69, 9.17) is 4.74 Å². The van der Waals surface area contributed by atoms with Crippen LogP contribution < -0.4 is 16.0 Å². The number of morpholine rings is 1. The topological polar surface area (TPSA) is 89.4 Å². The van der Waals surface area contributed by atoms with Crippen LogP contribution in [0.5, 0.6) is 0 Å². The smallest absolute Gasteiger partial charge is 0.238 e. The van der Waals surface area contributed by atoms with Gasteiger partial charge in [-0.3, -0.25) is 15.0 Å². The van der Waals surface area contributed by atoms with Crippen LogP contribution in [0.2, 0.25) is 0 Å². The summed E-state index contributed by atoms with van der Waals surface area (Å²) in [7, 11) is 0. The van der Waals surface area contributed by atoms with Gasteiger partial charge < -0.3 is 15.4 Å². The number of nitrogens with one attached hydrogen (secondary N) is 3. The Labute approximate surface area is 191 Å². The summed E-state index contributed by atoms with van der Waals surface area (Å²) in [4.78, 5) is 15.7. The van der Waals surface area contributed by atoms with Gasteiger partial charge in [-0.1, -0.05) is 62.4 Å². The van der Waals surface area contributed by atoms with E-state index in [0.29, 0.717) is 32.0 Å². The Bertz CT molecular complexity index is 750. The second-order valence-electron chi connectivity index (χ2n) is 9.65. The molecule has 3 fully saturated rings. The minimum Gasteiger partial charge on any atom is -0.361 e. The molecule has 0 spiro atoms. The van der Waals surface area contributed by atoms with Crippen molar-refractivity contribution in [2.45, 2.75) is 69.3 Å². The minimum atomic E-state index is -0.829. The number of likely N-dealkylation sites (tertiary alicyclic amines) is 1. The number of hydrogen-bond donors (Lipinski definition) is 3. The zero-order chi connectivity index (χ0) is 22.2. The largest absolute Gasteiger partial charge is 0.361 e. The van der Waals surface area contributed by atoms with Crippen molar-refractivity contribution in [1.82, 2.24) is 20.9 Å². The maximum atomic E-state index is 13.5. The standard InChI is InChI=1S/C25H37N5O2/c26-18-25(11-13-30(19-25)17-21-9-5-2-6-10-21)29-24(31)22(15-20-7-3-1-4-8-20)28-23-16-27-12-14-32-23/h2,5-6,9-10,20,22-23,27-28H,1,3-4,7-8,11-17,19H2,(H,29,31). The Morgan fingerprint density at radius 2 is 2.09 bits per heavy atom. The summed E-state index contributed by atoms with van der Waals surface area (Å²) in [5.74, 6) is 0.493. The van der Waals surface area contributed by atoms with Crippen LogP contribution in [0.1, 0.15) is 50.5 Å². The molecule has 2 aliphatic heterocycles. The maximum Gasteiger partial charge on any atom is 0.238 e. The molecule has 1 aromatic carbocycles. The number of benzene rings is 1. The van der Waals surface area contributed by atoms with Crippen LogP contribution in [0.15, 0.2) is 30.3 Å². The number of hydrogen-bond acceptors (Lipinski definition) is 6. The molecule has 2 heterocycles. The van der Waals surface area contributed by atoms with Crippen LogP contribution in [-0.2, 0) is 16.1 Å². The highest BCUT2D eigenvalue weighted by atomic mass is 16.5. The molecule has 1 saturated carbocycles. The molecule has 2 saturated heterocycles. The molecule has 0 bridgehead atoms. The third-order valence-corrected chi connectivity index (χ3v) is 7.10. The van der Waals surface area contributed by atoms with E-state index in [1.807, 2.05) is 18.2 Å². The number of rotatable bonds is 8. The van der Waals surface area contributed by atoms with Crippen LogP contribution in [0.25, 0.3) is 0 Å². The molecule has 3 atom stereocenters. The maximum absolute atomic E-state index is 13.5. The monoisotopic (exact) mass is 439 g/mol. The minimum absolute atomic E-state index is 0.0622. The first-order valence-corrected chi connectivity index (χ1v) is 12.2. The lowest BCUT2D eigenvalue weighted by Crippen LogP contribution is -2.59. The average Bonchev–Trinajstić information content (AvgIpc) is 3.23. The molecule has 174 valence electrons. The van der Waals surface area contributed by atoms with Crippen LogP contribution in [-0.4, -0.2) is 61.4 Å². The summed E-state index contributed by atoms with van der Waals surface area (Å²) in [6.45, 7) is 4.34. The van der Waals surface area contributed by atoms with Gasteiger partial charge in [0.15, 0.2) is 0 Å². The summed E-state index contributed by atoms with van der Waals surface area (Å²) < 4.78 is 5.83. The van der Waals surface area contributed by atoms with Crippen LogP contribution >= 0.6 is 0 Å². The van der Waals surface area contributed by atoms with Gasteiger partial charge in [-0.25, -0.2) is 0 Å². The molecule has 7 heteroatoms. The zero-order valence-electron chi connectivity index (χ0n) is 19.0. The lowest BCUT2D eigenvalue weighted by atomic mass is 9.84. The fourth-order valence-electron chi connectivity index (χ4n) is 5.31. The zero-order valence-corrected chi connectivity index (χ0v) is 19.0. The lowest BCUT2D eigenvalue weighted by molar-refractivity contribution is -0.126. The van der Waals surface area contributed by atoms with Crippen LogP contribution in [0.4, 0.5) is 0 Å². The third kappa shape index (κ3) is 6.29. The van der Waals surface area contributed by atoms with Crippen molar-refractivity contribution in [3.63, 3.8) is 0 Å². The van der Waals surface area contributed by atoms with Crippen molar-refractivity contribution in [1.29, 1.82) is 5.26 Å². The van der Waals surface area contributed by atoms with Crippen molar-refractivity contribution in [2.75, 3.05) is 32.8 Å². The predicted octanol–water partition coefficient (Wildman–Crippen LogP) is 2.15. The number of nitrogens with zero attached hydrogens (tertiary/aromatic N) is 2. The third-order valence-electron chi connectivity index (χ3n) is 7.10. The number of ether oxygens (including phenoxy) is 1. The summed E-state index contributed by atoms with van der Waals surface area (Å²) in [6.07, 6.45) is 7.45. The Hall–Kier alpha value is -1.98. The van der Waals surface area contributed by atoms with Gasteiger partial charge in [-0.15, -0.1) is 0 Å². The van der Waals surface area contributed by atoms with E-state index < -0.39 is 5.54 Å². The molecule has 3 N–H and O–H groups in total. The number of carbonyl (C=O) groups excluding carboxylic acids is 1. The molecular weight excluding hydrogens is 402 g/mol. The van der Waals surface area contributed by atoms with E-state index in [0.717, 1.165) is 26.1 Å². The van der Waals surface area contributed by atoms with E-state index in [9.17, 15) is 10.1 Å². The van der Waals surface area contributed by atoms with Gasteiger partial charge in [0.2, 0.25) is 5.91 Å². The van der Waals surface area contributed by atoms with E-state index in [-0.39, 0.29) is 18.2 Å². The summed E-state index contributed by atoms with van der Waals surface area (Å²) in [6, 6.07) is 12.4. The lowest BCUT2D eigenvalue weighted by Gasteiger charge is -2.33. The normalized spacial score (nSPS) is 28.2. The molecule has 7 nitrogen and oxygen atoms in total. The summed E-state index contributed by atoms with van der Waals surface area (Å²) in [5, 5.41) is 20.0. The fraction of sp³-hybridized carbons (Fsp3) is 0.680. The molecule has 3 aliphatic rings. The predicted molar refractivity (Wildman–Crippen MR) is 124 cm³/mol. The van der Waals surface area contributed by atoms with Crippen molar-refractivity contribution in [2.24, 2.45) is 5.92 Å². The molecule has 3 unspecified atom stereocenters. The molecule has 0 aromatic heterocycles. The van der Waals surface area contributed by atoms with Gasteiger partial charge in [0.1, 0.15) is 11.8 Å². The molecule has 1 aromatic rings. The molecule has 4 rings (SSSR count). The van der Waals surface area contributed by atoms with Gasteiger partial charge in [0, 0.05) is 32.7 Å². The van der Waals surface area contributed by atoms with E-state index in [1.165, 1.54) is 37.7 Å². The van der Waals surface area contributed by atoms with Crippen LogP contribution in [0, 0.1) is 17.2 Å². The quantitative estimate of drug-likeness (QED) is 0.575. The fourth-order valence-corrected chi connectivity index (χ4v) is 5.31. The molecule has 1 amide bonds. The first-order chi connectivity index (χ1) is 15.7. The molecule has 1 aliphatic carbocycles. The first kappa shape index (κ1) is 23.2. The highest BCUT2D eigenvalue weighted by Crippen LogP contribution is 2.28. The number of amides is 1. The second-order valence-corrected chi connectivity index (χ2v) is 9.65. The average molecular weight is 440 g/mol. The van der Waals surface area contributed by atoms with Gasteiger partial charge in [0.05, 0.1) is 18.7 Å². The van der Waals surface area contributed by atoms with Crippen molar-refractivity contribution in [3.05, 3.63) is 35.9 Å². The van der Waals surface area contributed by atoms with Gasteiger partial charge in [0.25, 0.3) is 0 Å². The Morgan fingerprint density at radius 3 is 2.81 bits per heavy atom. The Morgan fingerprint density at radius 1 is 1.28 bits per heavy atom. The number of nitriles is 1. The van der Waals surface area contributed by atoms with Gasteiger partial charge in [-0.2, -0.15) is 5.26 Å². The second kappa shape index (κ2) is 11.2.